The van der Waals surface area contributed by atoms with Crippen molar-refractivity contribution in [1.29, 1.82) is 0 Å². The molecule has 0 aliphatic rings. The van der Waals surface area contributed by atoms with Crippen LogP contribution in [0.1, 0.15) is 25.6 Å². The Bertz CT molecular complexity index is 573. The molecule has 0 saturated heterocycles. The maximum atomic E-state index is 12.9. The Morgan fingerprint density at radius 3 is 2.41 bits per heavy atom. The number of benzene rings is 1. The van der Waals surface area contributed by atoms with Crippen molar-refractivity contribution in [2.24, 2.45) is 0 Å². The van der Waals surface area contributed by atoms with Crippen LogP contribution in [0.5, 0.6) is 0 Å². The van der Waals surface area contributed by atoms with Crippen LogP contribution in [0.2, 0.25) is 0 Å². The first kappa shape index (κ1) is 11.5. The average Bonchev–Trinajstić information content (AvgIpc) is 2.30. The Hall–Kier alpha value is -1.97. The Labute approximate surface area is 98.6 Å². The number of hydrogen-bond donors (Lipinski definition) is 0. The summed E-state index contributed by atoms with van der Waals surface area (Å²) in [7, 11) is 0. The molecule has 0 spiro atoms. The largest absolute Gasteiger partial charge is 0.269 e. The van der Waals surface area contributed by atoms with Crippen LogP contribution in [0, 0.1) is 5.82 Å². The molecule has 4 heteroatoms. The van der Waals surface area contributed by atoms with Crippen molar-refractivity contribution in [2.45, 2.75) is 19.8 Å². The summed E-state index contributed by atoms with van der Waals surface area (Å²) in [6, 6.07) is 7.21. The zero-order valence-corrected chi connectivity index (χ0v) is 9.72. The lowest BCUT2D eigenvalue weighted by molar-refractivity contribution is 0.626. The summed E-state index contributed by atoms with van der Waals surface area (Å²) in [5.41, 5.74) is 0.475. The quantitative estimate of drug-likeness (QED) is 0.797. The van der Waals surface area contributed by atoms with Crippen LogP contribution in [0.3, 0.4) is 0 Å². The molecule has 1 aromatic heterocycles. The molecule has 0 aliphatic carbocycles. The molecule has 3 nitrogen and oxygen atoms in total. The molecule has 0 saturated carbocycles. The summed E-state index contributed by atoms with van der Waals surface area (Å²) >= 11 is 0. The molecule has 0 amide bonds. The van der Waals surface area contributed by atoms with E-state index in [1.54, 1.807) is 12.1 Å². The van der Waals surface area contributed by atoms with E-state index in [4.69, 9.17) is 0 Å². The smallest absolute Gasteiger partial charge is 0.258 e. The molecule has 88 valence electrons. The van der Waals surface area contributed by atoms with Gasteiger partial charge in [-0.15, -0.1) is 0 Å². The van der Waals surface area contributed by atoms with E-state index in [9.17, 15) is 9.18 Å². The van der Waals surface area contributed by atoms with Gasteiger partial charge in [-0.2, -0.15) is 0 Å². The predicted molar refractivity (Wildman–Crippen MR) is 63.9 cm³/mol. The van der Waals surface area contributed by atoms with Crippen LogP contribution in [0.4, 0.5) is 4.39 Å². The van der Waals surface area contributed by atoms with Crippen LogP contribution in [-0.2, 0) is 0 Å². The lowest BCUT2D eigenvalue weighted by Crippen LogP contribution is -2.22. The second-order valence-corrected chi connectivity index (χ2v) is 4.11. The fourth-order valence-electron chi connectivity index (χ4n) is 1.68. The van der Waals surface area contributed by atoms with Gasteiger partial charge in [0.2, 0.25) is 0 Å². The number of hydrogen-bond acceptors (Lipinski definition) is 2. The fourth-order valence-corrected chi connectivity index (χ4v) is 1.68. The number of rotatable bonds is 2. The lowest BCUT2D eigenvalue weighted by Gasteiger charge is -2.13. The van der Waals surface area contributed by atoms with Gasteiger partial charge in [-0.1, -0.05) is 13.8 Å². The Morgan fingerprint density at radius 1 is 1.18 bits per heavy atom. The van der Waals surface area contributed by atoms with E-state index in [1.807, 2.05) is 13.8 Å². The zero-order chi connectivity index (χ0) is 12.4. The zero-order valence-electron chi connectivity index (χ0n) is 9.72. The van der Waals surface area contributed by atoms with Crippen LogP contribution in [-0.4, -0.2) is 9.55 Å². The molecule has 1 heterocycles. The summed E-state index contributed by atoms with van der Waals surface area (Å²) in [5, 5.41) is 0. The number of aromatic nitrogens is 2. The van der Waals surface area contributed by atoms with Gasteiger partial charge in [0.15, 0.2) is 0 Å². The van der Waals surface area contributed by atoms with Gasteiger partial charge >= 0.3 is 0 Å². The summed E-state index contributed by atoms with van der Waals surface area (Å²) < 4.78 is 14.4. The minimum Gasteiger partial charge on any atom is -0.269 e. The van der Waals surface area contributed by atoms with Crippen molar-refractivity contribution in [3.63, 3.8) is 0 Å². The highest BCUT2D eigenvalue weighted by Gasteiger charge is 2.10. The van der Waals surface area contributed by atoms with Crippen molar-refractivity contribution >= 4 is 0 Å². The van der Waals surface area contributed by atoms with E-state index < -0.39 is 0 Å². The van der Waals surface area contributed by atoms with E-state index in [-0.39, 0.29) is 17.3 Å². The minimum atomic E-state index is -0.322. The average molecular weight is 232 g/mol. The lowest BCUT2D eigenvalue weighted by atomic mass is 10.2. The summed E-state index contributed by atoms with van der Waals surface area (Å²) in [6.45, 7) is 3.92. The van der Waals surface area contributed by atoms with Gasteiger partial charge in [0.1, 0.15) is 11.6 Å². The van der Waals surface area contributed by atoms with Crippen LogP contribution in [0.25, 0.3) is 5.69 Å². The van der Waals surface area contributed by atoms with Gasteiger partial charge in [0, 0.05) is 18.2 Å². The van der Waals surface area contributed by atoms with Gasteiger partial charge in [-0.25, -0.2) is 9.37 Å². The summed E-state index contributed by atoms with van der Waals surface area (Å²) in [5.74, 6) is 0.467. The van der Waals surface area contributed by atoms with Gasteiger partial charge in [-0.3, -0.25) is 9.36 Å². The van der Waals surface area contributed by atoms with Crippen molar-refractivity contribution < 1.29 is 4.39 Å². The molecule has 17 heavy (non-hydrogen) atoms. The van der Waals surface area contributed by atoms with Gasteiger partial charge in [0.05, 0.1) is 5.69 Å². The maximum Gasteiger partial charge on any atom is 0.258 e. The SMILES string of the molecule is CC(C)c1nccc(=O)n1-c1ccc(F)cc1. The van der Waals surface area contributed by atoms with E-state index >= 15 is 0 Å². The molecule has 2 aromatic rings. The first-order valence-corrected chi connectivity index (χ1v) is 5.43. The highest BCUT2D eigenvalue weighted by Crippen LogP contribution is 2.14. The molecule has 0 radical (unpaired) electrons. The summed E-state index contributed by atoms with van der Waals surface area (Å²) in [6.07, 6.45) is 1.50. The molecule has 2 rings (SSSR count). The van der Waals surface area contributed by atoms with Crippen molar-refractivity contribution in [3.05, 3.63) is 58.5 Å². The first-order chi connectivity index (χ1) is 8.09. The van der Waals surface area contributed by atoms with Crippen LogP contribution in [0.15, 0.2) is 41.3 Å². The molecule has 0 fully saturated rings. The van der Waals surface area contributed by atoms with E-state index in [0.717, 1.165) is 0 Å². The highest BCUT2D eigenvalue weighted by atomic mass is 19.1. The molecular formula is C13H13FN2O. The van der Waals surface area contributed by atoms with Crippen molar-refractivity contribution in [1.82, 2.24) is 9.55 Å². The Morgan fingerprint density at radius 2 is 1.82 bits per heavy atom. The van der Waals surface area contributed by atoms with Crippen molar-refractivity contribution in [2.75, 3.05) is 0 Å². The first-order valence-electron chi connectivity index (χ1n) is 5.43. The molecule has 1 aromatic carbocycles. The van der Waals surface area contributed by atoms with Crippen LogP contribution < -0.4 is 5.56 Å². The topological polar surface area (TPSA) is 34.9 Å². The second kappa shape index (κ2) is 4.49. The second-order valence-electron chi connectivity index (χ2n) is 4.11. The summed E-state index contributed by atoms with van der Waals surface area (Å²) in [4.78, 5) is 16.1. The predicted octanol–water partition coefficient (Wildman–Crippen LogP) is 2.50. The van der Waals surface area contributed by atoms with Gasteiger partial charge in [0.25, 0.3) is 5.56 Å². The normalized spacial score (nSPS) is 10.8. The highest BCUT2D eigenvalue weighted by molar-refractivity contribution is 5.33. The molecule has 0 N–H and O–H groups in total. The maximum absolute atomic E-state index is 12.9. The van der Waals surface area contributed by atoms with E-state index in [0.29, 0.717) is 11.5 Å². The Kier molecular flexibility index (Phi) is 3.04. The molecule has 0 bridgehead atoms. The molecular weight excluding hydrogens is 219 g/mol. The molecule has 0 unspecified atom stereocenters. The fraction of sp³-hybridized carbons (Fsp3) is 0.231. The van der Waals surface area contributed by atoms with Gasteiger partial charge < -0.3 is 0 Å². The third-order valence-electron chi connectivity index (χ3n) is 2.47. The van der Waals surface area contributed by atoms with E-state index in [2.05, 4.69) is 4.98 Å². The molecule has 0 aliphatic heterocycles. The van der Waals surface area contributed by atoms with E-state index in [1.165, 1.54) is 29.0 Å². The number of nitrogens with zero attached hydrogens (tertiary/aromatic N) is 2. The van der Waals surface area contributed by atoms with Gasteiger partial charge in [-0.05, 0) is 24.3 Å². The minimum absolute atomic E-state index is 0.119. The number of halogens is 1. The standard InChI is InChI=1S/C13H13FN2O/c1-9(2)13-15-8-7-12(17)16(13)11-5-3-10(14)4-6-11/h3-9H,1-2H3. The third kappa shape index (κ3) is 2.25. The Balaban J connectivity index is 2.65. The third-order valence-corrected chi connectivity index (χ3v) is 2.47. The van der Waals surface area contributed by atoms with Crippen LogP contribution >= 0.6 is 0 Å². The monoisotopic (exact) mass is 232 g/mol. The van der Waals surface area contributed by atoms with Crippen molar-refractivity contribution in [3.8, 4) is 5.69 Å². The molecule has 0 atom stereocenters.